The molecule has 0 unspecified atom stereocenters. The summed E-state index contributed by atoms with van der Waals surface area (Å²) in [4.78, 5) is 12.5. The maximum absolute atomic E-state index is 12.5. The van der Waals surface area contributed by atoms with Crippen LogP contribution in [0, 0.1) is 16.7 Å². The minimum Gasteiger partial charge on any atom is -0.388 e. The van der Waals surface area contributed by atoms with E-state index in [-0.39, 0.29) is 5.91 Å². The molecule has 2 aromatic carbocycles. The third kappa shape index (κ3) is 5.82. The van der Waals surface area contributed by atoms with Gasteiger partial charge in [0.15, 0.2) is 0 Å². The second-order valence-electron chi connectivity index (χ2n) is 7.31. The van der Waals surface area contributed by atoms with Crippen LogP contribution in [0.1, 0.15) is 17.5 Å². The fourth-order valence-electron chi connectivity index (χ4n) is 3.47. The van der Waals surface area contributed by atoms with E-state index in [0.29, 0.717) is 24.6 Å². The molecule has 31 heavy (non-hydrogen) atoms. The van der Waals surface area contributed by atoms with Crippen molar-refractivity contribution in [2.24, 2.45) is 0 Å². The van der Waals surface area contributed by atoms with Crippen LogP contribution in [0.25, 0.3) is 11.1 Å². The number of nitrogens with one attached hydrogen (secondary N) is 4. The van der Waals surface area contributed by atoms with E-state index >= 15 is 0 Å². The molecule has 1 aliphatic heterocycles. The highest BCUT2D eigenvalue weighted by Gasteiger charge is 2.23. The molecule has 1 aliphatic rings. The average molecular weight is 440 g/mol. The van der Waals surface area contributed by atoms with Crippen LogP contribution in [0.15, 0.2) is 36.4 Å². The minimum absolute atomic E-state index is 0.292. The van der Waals surface area contributed by atoms with Crippen molar-refractivity contribution in [3.8, 4) is 17.2 Å². The summed E-state index contributed by atoms with van der Waals surface area (Å²) in [5.74, 6) is -0.292. The first-order valence-corrected chi connectivity index (χ1v) is 10.6. The van der Waals surface area contributed by atoms with Crippen LogP contribution in [0.4, 0.5) is 5.69 Å². The second kappa shape index (κ2) is 10.9. The molecule has 0 aromatic heterocycles. The van der Waals surface area contributed by atoms with Gasteiger partial charge in [0.1, 0.15) is 12.1 Å². The minimum atomic E-state index is -0.703. The summed E-state index contributed by atoms with van der Waals surface area (Å²) in [6, 6.07) is 12.9. The molecule has 1 fully saturated rings. The van der Waals surface area contributed by atoms with Gasteiger partial charge in [-0.3, -0.25) is 4.79 Å². The highest BCUT2D eigenvalue weighted by Crippen LogP contribution is 2.29. The van der Waals surface area contributed by atoms with Gasteiger partial charge in [-0.2, -0.15) is 5.26 Å². The highest BCUT2D eigenvalue weighted by atomic mass is 35.5. The lowest BCUT2D eigenvalue weighted by Gasteiger charge is -2.18. The Morgan fingerprint density at radius 1 is 1.39 bits per heavy atom. The van der Waals surface area contributed by atoms with Crippen molar-refractivity contribution in [2.45, 2.75) is 25.0 Å². The number of ether oxygens (including phenoxy) is 1. The Morgan fingerprint density at radius 2 is 2.16 bits per heavy atom. The molecule has 1 saturated heterocycles. The van der Waals surface area contributed by atoms with Crippen LogP contribution in [0.5, 0.6) is 0 Å². The Morgan fingerprint density at radius 3 is 2.87 bits per heavy atom. The Kier molecular flexibility index (Phi) is 8.01. The standard InChI is InChI=1S/C23H26ClN5O2/c1-27-21-11-16(4-6-18(21)12-25)15-3-5-17(20(24)10-15)9-19(13-26)29-23(30)22-14-28-7-2-8-31-22/h3-6,10-12,19,22,25,27-28H,2,7-9,14H2,1H3,(H,29,30)/t19-,22+/m1/s1. The Labute approximate surface area is 187 Å². The fourth-order valence-corrected chi connectivity index (χ4v) is 3.73. The number of nitrogens with zero attached hydrogens (tertiary/aromatic N) is 1. The molecule has 1 amide bonds. The quantitative estimate of drug-likeness (QED) is 0.496. The highest BCUT2D eigenvalue weighted by molar-refractivity contribution is 6.31. The zero-order chi connectivity index (χ0) is 22.2. The number of halogens is 1. The summed E-state index contributed by atoms with van der Waals surface area (Å²) >= 11 is 6.51. The van der Waals surface area contributed by atoms with Crippen LogP contribution in [0.2, 0.25) is 5.02 Å². The Hall–Kier alpha value is -2.92. The second-order valence-corrected chi connectivity index (χ2v) is 7.72. The molecular weight excluding hydrogens is 414 g/mol. The molecular formula is C23H26ClN5O2. The van der Waals surface area contributed by atoms with Crippen LogP contribution in [-0.4, -0.2) is 51.0 Å². The largest absolute Gasteiger partial charge is 0.388 e. The predicted octanol–water partition coefficient (Wildman–Crippen LogP) is 2.98. The van der Waals surface area contributed by atoms with Crippen molar-refractivity contribution in [1.29, 1.82) is 10.7 Å². The van der Waals surface area contributed by atoms with E-state index in [1.165, 1.54) is 6.21 Å². The monoisotopic (exact) mass is 439 g/mol. The van der Waals surface area contributed by atoms with Crippen LogP contribution in [-0.2, 0) is 16.0 Å². The maximum atomic E-state index is 12.5. The average Bonchev–Trinajstić information content (AvgIpc) is 3.09. The van der Waals surface area contributed by atoms with Gasteiger partial charge in [-0.15, -0.1) is 0 Å². The number of nitriles is 1. The number of amides is 1. The van der Waals surface area contributed by atoms with Gasteiger partial charge in [-0.25, -0.2) is 0 Å². The summed E-state index contributed by atoms with van der Waals surface area (Å²) in [5.41, 5.74) is 4.33. The first kappa shape index (κ1) is 22.8. The van der Waals surface area contributed by atoms with E-state index in [1.807, 2.05) is 43.4 Å². The maximum Gasteiger partial charge on any atom is 0.251 e. The molecule has 3 rings (SSSR count). The van der Waals surface area contributed by atoms with Crippen LogP contribution < -0.4 is 16.0 Å². The SMILES string of the molecule is CNc1cc(-c2ccc(C[C@H](C#N)NC(=O)[C@@H]3CNCCCO3)c(Cl)c2)ccc1C=N. The van der Waals surface area contributed by atoms with Crippen LogP contribution >= 0.6 is 11.6 Å². The van der Waals surface area contributed by atoms with E-state index in [1.54, 1.807) is 0 Å². The lowest BCUT2D eigenvalue weighted by atomic mass is 9.99. The number of rotatable bonds is 7. The summed E-state index contributed by atoms with van der Waals surface area (Å²) in [7, 11) is 1.81. The molecule has 7 nitrogen and oxygen atoms in total. The summed E-state index contributed by atoms with van der Waals surface area (Å²) in [5, 5.41) is 26.5. The molecule has 162 valence electrons. The summed E-state index contributed by atoms with van der Waals surface area (Å²) < 4.78 is 5.56. The number of anilines is 1. The first-order valence-electron chi connectivity index (χ1n) is 10.2. The van der Waals surface area contributed by atoms with Crippen molar-refractivity contribution in [1.82, 2.24) is 10.6 Å². The van der Waals surface area contributed by atoms with Gasteiger partial charge in [-0.05, 0) is 41.8 Å². The molecule has 0 bridgehead atoms. The number of benzene rings is 2. The van der Waals surface area contributed by atoms with Gasteiger partial charge >= 0.3 is 0 Å². The van der Waals surface area contributed by atoms with Crippen molar-refractivity contribution >= 4 is 29.4 Å². The Balaban J connectivity index is 1.71. The molecule has 2 atom stereocenters. The molecule has 0 saturated carbocycles. The first-order chi connectivity index (χ1) is 15.0. The van der Waals surface area contributed by atoms with Gasteiger partial charge in [0.05, 0.1) is 6.07 Å². The number of carbonyl (C=O) groups is 1. The smallest absolute Gasteiger partial charge is 0.251 e. The zero-order valence-electron chi connectivity index (χ0n) is 17.4. The fraction of sp³-hybridized carbons (Fsp3) is 0.348. The van der Waals surface area contributed by atoms with E-state index in [9.17, 15) is 10.1 Å². The van der Waals surface area contributed by atoms with Gasteiger partial charge < -0.3 is 26.1 Å². The van der Waals surface area contributed by atoms with E-state index in [4.69, 9.17) is 21.7 Å². The molecule has 4 N–H and O–H groups in total. The topological polar surface area (TPSA) is 110 Å². The third-order valence-corrected chi connectivity index (χ3v) is 5.55. The number of hydrogen-bond acceptors (Lipinski definition) is 6. The van der Waals surface area contributed by atoms with Gasteiger partial charge in [0, 0.05) is 49.1 Å². The Bertz CT molecular complexity index is 980. The zero-order valence-corrected chi connectivity index (χ0v) is 18.1. The van der Waals surface area contributed by atoms with Crippen molar-refractivity contribution in [3.63, 3.8) is 0 Å². The molecule has 1 heterocycles. The predicted molar refractivity (Wildman–Crippen MR) is 123 cm³/mol. The van der Waals surface area contributed by atoms with E-state index in [0.717, 1.165) is 40.9 Å². The lowest BCUT2D eigenvalue weighted by Crippen LogP contribution is -2.46. The summed E-state index contributed by atoms with van der Waals surface area (Å²) in [6.45, 7) is 1.77. The molecule has 8 heteroatoms. The molecule has 2 aromatic rings. The van der Waals surface area contributed by atoms with Crippen molar-refractivity contribution in [2.75, 3.05) is 32.1 Å². The molecule has 0 radical (unpaired) electrons. The third-order valence-electron chi connectivity index (χ3n) is 5.20. The van der Waals surface area contributed by atoms with Gasteiger partial charge in [-0.1, -0.05) is 35.9 Å². The van der Waals surface area contributed by atoms with Crippen molar-refractivity contribution < 1.29 is 9.53 Å². The number of hydrogen-bond donors (Lipinski definition) is 4. The molecule has 0 spiro atoms. The summed E-state index contributed by atoms with van der Waals surface area (Å²) in [6.07, 6.45) is 1.86. The normalized spacial score (nSPS) is 17.1. The van der Waals surface area contributed by atoms with Crippen LogP contribution in [0.3, 0.4) is 0 Å². The van der Waals surface area contributed by atoms with E-state index < -0.39 is 12.1 Å². The lowest BCUT2D eigenvalue weighted by molar-refractivity contribution is -0.132. The number of carbonyl (C=O) groups excluding carboxylic acids is 1. The molecule has 0 aliphatic carbocycles. The van der Waals surface area contributed by atoms with Gasteiger partial charge in [0.2, 0.25) is 0 Å². The van der Waals surface area contributed by atoms with Crippen molar-refractivity contribution in [3.05, 3.63) is 52.5 Å². The van der Waals surface area contributed by atoms with Gasteiger partial charge in [0.25, 0.3) is 5.91 Å². The van der Waals surface area contributed by atoms with E-state index in [2.05, 4.69) is 22.0 Å².